The number of rotatable bonds is 6. The summed E-state index contributed by atoms with van der Waals surface area (Å²) in [5.74, 6) is 0.655. The van der Waals surface area contributed by atoms with Crippen LogP contribution in [0, 0.1) is 0 Å². The Bertz CT molecular complexity index is 658. The van der Waals surface area contributed by atoms with Crippen molar-refractivity contribution in [3.05, 3.63) is 52.5 Å². The Kier molecular flexibility index (Phi) is 5.92. The molecule has 0 amide bonds. The Labute approximate surface area is 138 Å². The number of carbonyl (C=O) groups excluding carboxylic acids is 1. The highest BCUT2D eigenvalue weighted by molar-refractivity contribution is 6.35. The molecule has 0 fully saturated rings. The van der Waals surface area contributed by atoms with Crippen molar-refractivity contribution in [3.8, 4) is 17.2 Å². The lowest BCUT2D eigenvalue weighted by Gasteiger charge is -2.11. The predicted molar refractivity (Wildman–Crippen MR) is 85.2 cm³/mol. The van der Waals surface area contributed by atoms with Gasteiger partial charge in [-0.15, -0.1) is 0 Å². The van der Waals surface area contributed by atoms with Gasteiger partial charge in [-0.1, -0.05) is 35.3 Å². The van der Waals surface area contributed by atoms with E-state index in [1.807, 2.05) is 6.92 Å². The van der Waals surface area contributed by atoms with Crippen LogP contribution in [-0.4, -0.2) is 19.2 Å². The van der Waals surface area contributed by atoms with Gasteiger partial charge < -0.3 is 14.2 Å². The van der Waals surface area contributed by atoms with E-state index < -0.39 is 5.97 Å². The van der Waals surface area contributed by atoms with Gasteiger partial charge in [0.1, 0.15) is 5.75 Å². The molecular formula is C16H14Cl2O4. The summed E-state index contributed by atoms with van der Waals surface area (Å²) in [5.41, 5.74) is 0. The number of esters is 1. The van der Waals surface area contributed by atoms with Crippen molar-refractivity contribution < 1.29 is 19.0 Å². The highest BCUT2D eigenvalue weighted by Gasteiger charge is 2.11. The van der Waals surface area contributed by atoms with Gasteiger partial charge in [0.05, 0.1) is 11.6 Å². The van der Waals surface area contributed by atoms with Crippen molar-refractivity contribution in [2.24, 2.45) is 0 Å². The van der Waals surface area contributed by atoms with Crippen molar-refractivity contribution in [2.75, 3.05) is 13.2 Å². The molecule has 2 aromatic carbocycles. The van der Waals surface area contributed by atoms with E-state index in [1.165, 1.54) is 6.07 Å². The molecule has 22 heavy (non-hydrogen) atoms. The van der Waals surface area contributed by atoms with Crippen LogP contribution in [0.3, 0.4) is 0 Å². The van der Waals surface area contributed by atoms with Gasteiger partial charge in [-0.2, -0.15) is 0 Å². The quantitative estimate of drug-likeness (QED) is 0.578. The number of hydrogen-bond acceptors (Lipinski definition) is 4. The SMILES string of the molecule is CCOc1ccccc1OC(=O)COc1ccc(Cl)cc1Cl. The lowest BCUT2D eigenvalue weighted by atomic mass is 10.3. The van der Waals surface area contributed by atoms with Crippen LogP contribution in [0.1, 0.15) is 6.92 Å². The fourth-order valence-electron chi connectivity index (χ4n) is 1.69. The van der Waals surface area contributed by atoms with Crippen LogP contribution in [0.2, 0.25) is 10.0 Å². The van der Waals surface area contributed by atoms with Crippen molar-refractivity contribution in [1.29, 1.82) is 0 Å². The lowest BCUT2D eigenvalue weighted by molar-refractivity contribution is -0.136. The minimum absolute atomic E-state index is 0.276. The molecule has 116 valence electrons. The number of hydrogen-bond donors (Lipinski definition) is 0. The third kappa shape index (κ3) is 4.55. The van der Waals surface area contributed by atoms with Gasteiger partial charge in [-0.3, -0.25) is 0 Å². The maximum absolute atomic E-state index is 11.8. The molecule has 6 heteroatoms. The molecule has 2 aromatic rings. The van der Waals surface area contributed by atoms with Crippen LogP contribution in [0.4, 0.5) is 0 Å². The first-order chi connectivity index (χ1) is 10.6. The molecule has 0 aliphatic heterocycles. The fraction of sp³-hybridized carbons (Fsp3) is 0.188. The van der Waals surface area contributed by atoms with Gasteiger partial charge in [-0.05, 0) is 37.3 Å². The molecule has 0 unspecified atom stereocenters. The molecule has 0 radical (unpaired) electrons. The Morgan fingerprint density at radius 2 is 1.73 bits per heavy atom. The Balaban J connectivity index is 1.96. The number of ether oxygens (including phenoxy) is 3. The predicted octanol–water partition coefficient (Wildman–Crippen LogP) is 4.38. The monoisotopic (exact) mass is 340 g/mol. The summed E-state index contributed by atoms with van der Waals surface area (Å²) in [5, 5.41) is 0.820. The van der Waals surface area contributed by atoms with Crippen LogP contribution < -0.4 is 14.2 Å². The first-order valence-corrected chi connectivity index (χ1v) is 7.36. The van der Waals surface area contributed by atoms with E-state index in [0.717, 1.165) is 0 Å². The molecule has 0 spiro atoms. The average molecular weight is 341 g/mol. The van der Waals surface area contributed by atoms with Gasteiger partial charge >= 0.3 is 5.97 Å². The second-order valence-electron chi connectivity index (χ2n) is 4.22. The molecule has 0 saturated heterocycles. The summed E-state index contributed by atoms with van der Waals surface area (Å²) in [7, 11) is 0. The first-order valence-electron chi connectivity index (χ1n) is 6.60. The van der Waals surface area contributed by atoms with E-state index in [0.29, 0.717) is 33.9 Å². The summed E-state index contributed by atoms with van der Waals surface area (Å²) in [6.45, 7) is 2.05. The second-order valence-corrected chi connectivity index (χ2v) is 5.06. The van der Waals surface area contributed by atoms with Crippen LogP contribution >= 0.6 is 23.2 Å². The van der Waals surface area contributed by atoms with E-state index in [4.69, 9.17) is 37.4 Å². The Morgan fingerprint density at radius 3 is 2.41 bits per heavy atom. The molecular weight excluding hydrogens is 327 g/mol. The fourth-order valence-corrected chi connectivity index (χ4v) is 2.15. The molecule has 0 bridgehead atoms. The normalized spacial score (nSPS) is 10.1. The average Bonchev–Trinajstić information content (AvgIpc) is 2.48. The largest absolute Gasteiger partial charge is 0.490 e. The standard InChI is InChI=1S/C16H14Cl2O4/c1-2-20-14-5-3-4-6-15(14)22-16(19)10-21-13-8-7-11(17)9-12(13)18/h3-9H,2,10H2,1H3. The van der Waals surface area contributed by atoms with Crippen LogP contribution in [0.15, 0.2) is 42.5 Å². The number of benzene rings is 2. The van der Waals surface area contributed by atoms with E-state index in [1.54, 1.807) is 36.4 Å². The summed E-state index contributed by atoms with van der Waals surface area (Å²) >= 11 is 11.7. The summed E-state index contributed by atoms with van der Waals surface area (Å²) in [6.07, 6.45) is 0. The van der Waals surface area contributed by atoms with Gasteiger partial charge in [0.2, 0.25) is 0 Å². The number of halogens is 2. The molecule has 0 aromatic heterocycles. The molecule has 0 N–H and O–H groups in total. The molecule has 0 heterocycles. The zero-order chi connectivity index (χ0) is 15.9. The van der Waals surface area contributed by atoms with Crippen molar-refractivity contribution in [3.63, 3.8) is 0 Å². The third-order valence-corrected chi connectivity index (χ3v) is 3.14. The highest BCUT2D eigenvalue weighted by Crippen LogP contribution is 2.28. The summed E-state index contributed by atoms with van der Waals surface area (Å²) < 4.78 is 15.9. The smallest absolute Gasteiger partial charge is 0.349 e. The first kappa shape index (κ1) is 16.5. The van der Waals surface area contributed by atoms with Crippen molar-refractivity contribution >= 4 is 29.2 Å². The molecule has 0 atom stereocenters. The molecule has 2 rings (SSSR count). The zero-order valence-corrected chi connectivity index (χ0v) is 13.4. The van der Waals surface area contributed by atoms with E-state index in [9.17, 15) is 4.79 Å². The molecule has 0 aliphatic carbocycles. The molecule has 0 saturated carbocycles. The number of para-hydroxylation sites is 2. The lowest BCUT2D eigenvalue weighted by Crippen LogP contribution is -2.18. The van der Waals surface area contributed by atoms with Gasteiger partial charge in [0.25, 0.3) is 0 Å². The van der Waals surface area contributed by atoms with Crippen molar-refractivity contribution in [2.45, 2.75) is 6.92 Å². The molecule has 0 aliphatic rings. The number of carbonyl (C=O) groups is 1. The zero-order valence-electron chi connectivity index (χ0n) is 11.8. The van der Waals surface area contributed by atoms with Gasteiger partial charge in [0, 0.05) is 5.02 Å². The van der Waals surface area contributed by atoms with Crippen molar-refractivity contribution in [1.82, 2.24) is 0 Å². The van der Waals surface area contributed by atoms with Crippen LogP contribution in [0.25, 0.3) is 0 Å². The maximum atomic E-state index is 11.8. The Morgan fingerprint density at radius 1 is 1.00 bits per heavy atom. The van der Waals surface area contributed by atoms with E-state index in [2.05, 4.69) is 0 Å². The van der Waals surface area contributed by atoms with Crippen LogP contribution in [0.5, 0.6) is 17.2 Å². The summed E-state index contributed by atoms with van der Waals surface area (Å²) in [4.78, 5) is 11.8. The minimum Gasteiger partial charge on any atom is -0.490 e. The van der Waals surface area contributed by atoms with Gasteiger partial charge in [-0.25, -0.2) is 4.79 Å². The van der Waals surface area contributed by atoms with Gasteiger partial charge in [0.15, 0.2) is 18.1 Å². The maximum Gasteiger partial charge on any atom is 0.349 e. The minimum atomic E-state index is -0.557. The molecule has 4 nitrogen and oxygen atoms in total. The summed E-state index contributed by atoms with van der Waals surface area (Å²) in [6, 6.07) is 11.7. The van der Waals surface area contributed by atoms with E-state index in [-0.39, 0.29) is 6.61 Å². The van der Waals surface area contributed by atoms with E-state index >= 15 is 0 Å². The van der Waals surface area contributed by atoms with Crippen LogP contribution in [-0.2, 0) is 4.79 Å². The third-order valence-electron chi connectivity index (χ3n) is 2.61. The highest BCUT2D eigenvalue weighted by atomic mass is 35.5. The topological polar surface area (TPSA) is 44.8 Å². The Hall–Kier alpha value is -1.91. The second kappa shape index (κ2) is 7.92.